The van der Waals surface area contributed by atoms with Crippen molar-refractivity contribution in [3.63, 3.8) is 0 Å². The molecule has 5 rings (SSSR count). The highest BCUT2D eigenvalue weighted by molar-refractivity contribution is 6.01. The van der Waals surface area contributed by atoms with Crippen molar-refractivity contribution in [3.8, 4) is 0 Å². The average Bonchev–Trinajstić information content (AvgIpc) is 2.91. The number of carbonyl (C=O) groups excluding carboxylic acids is 3. The minimum Gasteiger partial charge on any atom is -0.330 e. The van der Waals surface area contributed by atoms with Crippen LogP contribution in [0.5, 0.6) is 0 Å². The molecule has 2 amide bonds. The highest BCUT2D eigenvalue weighted by Gasteiger charge is 2.63. The molecule has 0 aromatic rings. The van der Waals surface area contributed by atoms with E-state index in [2.05, 4.69) is 0 Å². The Morgan fingerprint density at radius 2 is 1.63 bits per heavy atom. The number of hydroxylamine groups is 2. The van der Waals surface area contributed by atoms with Gasteiger partial charge in [0.1, 0.15) is 0 Å². The van der Waals surface area contributed by atoms with Gasteiger partial charge in [0.05, 0.1) is 5.41 Å². The molecule has 2 atom stereocenters. The van der Waals surface area contributed by atoms with Crippen molar-refractivity contribution in [2.75, 3.05) is 0 Å². The first-order chi connectivity index (χ1) is 9.08. The summed E-state index contributed by atoms with van der Waals surface area (Å²) in [5, 5.41) is 0.705. The summed E-state index contributed by atoms with van der Waals surface area (Å²) in [4.78, 5) is 40.7. The van der Waals surface area contributed by atoms with Crippen LogP contribution < -0.4 is 0 Å². The van der Waals surface area contributed by atoms with Crippen molar-refractivity contribution in [1.82, 2.24) is 5.06 Å². The van der Waals surface area contributed by atoms with Crippen LogP contribution in [0.4, 0.5) is 0 Å². The quantitative estimate of drug-likeness (QED) is 0.707. The standard InChI is InChI=1S/C14H17NO4/c16-11-1-2-12(17)15(11)19-13(18)14-6-8-3-9(7-14)5-10(14)4-8/h8-10H,1-7H2. The lowest BCUT2D eigenvalue weighted by molar-refractivity contribution is -0.206. The molecule has 0 spiro atoms. The lowest BCUT2D eigenvalue weighted by atomic mass is 9.76. The summed E-state index contributed by atoms with van der Waals surface area (Å²) in [6, 6.07) is 0. The maximum atomic E-state index is 12.5. The molecule has 1 heterocycles. The van der Waals surface area contributed by atoms with E-state index in [4.69, 9.17) is 4.84 Å². The molecule has 102 valence electrons. The fourth-order valence-corrected chi connectivity index (χ4v) is 4.96. The number of nitrogens with zero attached hydrogens (tertiary/aromatic N) is 1. The minimum atomic E-state index is -0.392. The van der Waals surface area contributed by atoms with Crippen molar-refractivity contribution in [2.45, 2.75) is 44.9 Å². The SMILES string of the molecule is O=C1CCC(=O)N1OC(=O)C12CC3CC(CC1C3)C2. The van der Waals surface area contributed by atoms with E-state index in [0.29, 0.717) is 22.8 Å². The highest BCUT2D eigenvalue weighted by atomic mass is 16.7. The first-order valence-corrected chi connectivity index (χ1v) is 7.17. The van der Waals surface area contributed by atoms with Crippen LogP contribution in [0.3, 0.4) is 0 Å². The molecule has 4 saturated carbocycles. The number of hydrogen-bond acceptors (Lipinski definition) is 4. The molecule has 1 aliphatic heterocycles. The van der Waals surface area contributed by atoms with Gasteiger partial charge in [-0.3, -0.25) is 9.59 Å². The third-order valence-electron chi connectivity index (χ3n) is 5.58. The zero-order valence-corrected chi connectivity index (χ0v) is 10.8. The van der Waals surface area contributed by atoms with E-state index >= 15 is 0 Å². The first kappa shape index (κ1) is 11.4. The summed E-state index contributed by atoms with van der Waals surface area (Å²) in [7, 11) is 0. The van der Waals surface area contributed by atoms with Crippen molar-refractivity contribution in [3.05, 3.63) is 0 Å². The Labute approximate surface area is 111 Å². The Kier molecular flexibility index (Phi) is 2.16. The Hall–Kier alpha value is -1.39. The van der Waals surface area contributed by atoms with Crippen molar-refractivity contribution in [2.24, 2.45) is 23.2 Å². The largest absolute Gasteiger partial charge is 0.339 e. The van der Waals surface area contributed by atoms with E-state index < -0.39 is 5.41 Å². The van der Waals surface area contributed by atoms with Crippen LogP contribution in [-0.2, 0) is 19.2 Å². The van der Waals surface area contributed by atoms with E-state index in [9.17, 15) is 14.4 Å². The molecule has 1 saturated heterocycles. The second-order valence-corrected chi connectivity index (χ2v) is 6.66. The van der Waals surface area contributed by atoms with Crippen LogP contribution in [0, 0.1) is 23.2 Å². The molecule has 5 fully saturated rings. The number of rotatable bonds is 2. The maximum Gasteiger partial charge on any atom is 0.339 e. The minimum absolute atomic E-state index is 0.161. The van der Waals surface area contributed by atoms with E-state index in [-0.39, 0.29) is 30.6 Å². The molecule has 0 aromatic carbocycles. The molecule has 4 aliphatic carbocycles. The van der Waals surface area contributed by atoms with Crippen LogP contribution in [0.1, 0.15) is 44.9 Å². The maximum absolute atomic E-state index is 12.5. The molecule has 2 unspecified atom stereocenters. The van der Waals surface area contributed by atoms with Crippen LogP contribution in [0.25, 0.3) is 0 Å². The summed E-state index contributed by atoms with van der Waals surface area (Å²) in [5.41, 5.74) is -0.392. The topological polar surface area (TPSA) is 63.7 Å². The number of amides is 2. The molecular formula is C14H17NO4. The summed E-state index contributed by atoms with van der Waals surface area (Å²) in [6.07, 6.45) is 5.59. The Morgan fingerprint density at radius 1 is 1.05 bits per heavy atom. The van der Waals surface area contributed by atoms with E-state index in [1.54, 1.807) is 0 Å². The summed E-state index contributed by atoms with van der Waals surface area (Å²) < 4.78 is 0. The lowest BCUT2D eigenvalue weighted by Crippen LogP contribution is -2.41. The molecule has 0 aromatic heterocycles. The van der Waals surface area contributed by atoms with Gasteiger partial charge in [-0.15, -0.1) is 5.06 Å². The molecule has 5 heteroatoms. The number of hydrogen-bond donors (Lipinski definition) is 0. The zero-order chi connectivity index (χ0) is 13.2. The van der Waals surface area contributed by atoms with Crippen molar-refractivity contribution >= 4 is 17.8 Å². The predicted octanol–water partition coefficient (Wildman–Crippen LogP) is 1.42. The molecular weight excluding hydrogens is 246 g/mol. The average molecular weight is 263 g/mol. The molecule has 0 radical (unpaired) electrons. The van der Waals surface area contributed by atoms with Gasteiger partial charge in [0.25, 0.3) is 11.8 Å². The number of imide groups is 1. The molecule has 19 heavy (non-hydrogen) atoms. The van der Waals surface area contributed by atoms with Gasteiger partial charge in [-0.25, -0.2) is 4.79 Å². The third kappa shape index (κ3) is 1.44. The van der Waals surface area contributed by atoms with E-state index in [1.807, 2.05) is 0 Å². The van der Waals surface area contributed by atoms with E-state index in [0.717, 1.165) is 25.7 Å². The summed E-state index contributed by atoms with van der Waals surface area (Å²) in [5.74, 6) is 0.618. The fourth-order valence-electron chi connectivity index (χ4n) is 4.96. The Balaban J connectivity index is 1.55. The van der Waals surface area contributed by atoms with Gasteiger partial charge < -0.3 is 4.84 Å². The van der Waals surface area contributed by atoms with Crippen molar-refractivity contribution in [1.29, 1.82) is 0 Å². The van der Waals surface area contributed by atoms with Gasteiger partial charge >= 0.3 is 5.97 Å². The van der Waals surface area contributed by atoms with Gasteiger partial charge in [0.2, 0.25) is 0 Å². The fraction of sp³-hybridized carbons (Fsp3) is 0.786. The van der Waals surface area contributed by atoms with Gasteiger partial charge in [-0.2, -0.15) is 0 Å². The first-order valence-electron chi connectivity index (χ1n) is 7.17. The zero-order valence-electron chi connectivity index (χ0n) is 10.8. The van der Waals surface area contributed by atoms with Gasteiger partial charge in [0.15, 0.2) is 0 Å². The highest BCUT2D eigenvalue weighted by Crippen LogP contribution is 2.65. The van der Waals surface area contributed by atoms with Crippen molar-refractivity contribution < 1.29 is 19.2 Å². The predicted molar refractivity (Wildman–Crippen MR) is 63.2 cm³/mol. The Bertz CT molecular complexity index is 456. The van der Waals surface area contributed by atoms with Crippen LogP contribution in [-0.4, -0.2) is 22.8 Å². The van der Waals surface area contributed by atoms with E-state index in [1.165, 1.54) is 6.42 Å². The number of carbonyl (C=O) groups is 3. The third-order valence-corrected chi connectivity index (χ3v) is 5.58. The molecule has 0 N–H and O–H groups in total. The monoisotopic (exact) mass is 263 g/mol. The molecule has 5 aliphatic rings. The second kappa shape index (κ2) is 3.58. The van der Waals surface area contributed by atoms with Crippen LogP contribution >= 0.6 is 0 Å². The van der Waals surface area contributed by atoms with Crippen LogP contribution in [0.15, 0.2) is 0 Å². The Morgan fingerprint density at radius 3 is 2.21 bits per heavy atom. The normalized spacial score (nSPS) is 43.4. The van der Waals surface area contributed by atoms with Gasteiger partial charge in [-0.05, 0) is 49.9 Å². The molecule has 5 nitrogen and oxygen atoms in total. The van der Waals surface area contributed by atoms with Crippen LogP contribution in [0.2, 0.25) is 0 Å². The lowest BCUT2D eigenvalue weighted by Gasteiger charge is -2.31. The smallest absolute Gasteiger partial charge is 0.330 e. The summed E-state index contributed by atoms with van der Waals surface area (Å²) >= 11 is 0. The molecule has 4 bridgehead atoms. The van der Waals surface area contributed by atoms with Gasteiger partial charge in [0, 0.05) is 12.8 Å². The summed E-state index contributed by atoms with van der Waals surface area (Å²) in [6.45, 7) is 0. The van der Waals surface area contributed by atoms with Gasteiger partial charge in [-0.1, -0.05) is 0 Å². The second-order valence-electron chi connectivity index (χ2n) is 6.66.